The van der Waals surface area contributed by atoms with Crippen molar-refractivity contribution in [2.24, 2.45) is 0 Å². The maximum Gasteiger partial charge on any atom is 0.0402 e. The van der Waals surface area contributed by atoms with Crippen LogP contribution in [0.2, 0.25) is 0 Å². The zero-order valence-electron chi connectivity index (χ0n) is 7.17. The van der Waals surface area contributed by atoms with Crippen molar-refractivity contribution in [1.29, 1.82) is 0 Å². The summed E-state index contributed by atoms with van der Waals surface area (Å²) >= 11 is 0. The zero-order chi connectivity index (χ0) is 8.12. The van der Waals surface area contributed by atoms with E-state index in [1.165, 1.54) is 0 Å². The lowest BCUT2D eigenvalue weighted by atomic mass is 10.9. The van der Waals surface area contributed by atoms with E-state index in [-0.39, 0.29) is 29.7 Å². The van der Waals surface area contributed by atoms with Crippen LogP contribution in [0.4, 0.5) is 0 Å². The molecule has 1 atom stereocenters. The number of hydrogen-bond acceptors (Lipinski definition) is 3. The van der Waals surface area contributed by atoms with Crippen molar-refractivity contribution >= 4 is 9.90 Å². The van der Waals surface area contributed by atoms with Gasteiger partial charge in [-0.3, -0.25) is 0 Å². The quantitative estimate of drug-likeness (QED) is 0.453. The summed E-state index contributed by atoms with van der Waals surface area (Å²) in [6, 6.07) is 0. The Labute approximate surface area is 66.7 Å². The lowest BCUT2D eigenvalue weighted by Crippen LogP contribution is -1.57. The molecule has 3 N–H and O–H groups in total. The Morgan fingerprint density at radius 2 is 0.700 bits per heavy atom. The molecule has 0 heterocycles. The third-order valence-electron chi connectivity index (χ3n) is 0. The molecule has 0 spiro atoms. The van der Waals surface area contributed by atoms with Gasteiger partial charge in [0, 0.05) is 19.8 Å². The lowest BCUT2D eigenvalue weighted by Gasteiger charge is -1.52. The van der Waals surface area contributed by atoms with Crippen LogP contribution in [-0.2, 0) is 0 Å². The first-order valence-corrected chi connectivity index (χ1v) is 3.07. The average molecular weight is 172 g/mol. The van der Waals surface area contributed by atoms with E-state index in [0.29, 0.717) is 0 Å². The highest BCUT2D eigenvalue weighted by atomic mass is 31.0. The second-order valence-electron chi connectivity index (χ2n) is 0.949. The van der Waals surface area contributed by atoms with E-state index in [4.69, 9.17) is 15.3 Å². The topological polar surface area (TPSA) is 60.7 Å². The van der Waals surface area contributed by atoms with E-state index in [0.717, 1.165) is 0 Å². The Bertz CT molecular complexity index is 17.7. The molecular weight excluding hydrogens is 151 g/mol. The van der Waals surface area contributed by atoms with Gasteiger partial charge in [0.25, 0.3) is 0 Å². The van der Waals surface area contributed by atoms with Gasteiger partial charge in [-0.2, -0.15) is 9.90 Å². The van der Waals surface area contributed by atoms with Crippen molar-refractivity contribution in [3.63, 3.8) is 0 Å². The highest BCUT2D eigenvalue weighted by Crippen LogP contribution is 1.30. The average Bonchev–Trinajstić information content (AvgIpc) is 1.70. The molecule has 0 aliphatic rings. The van der Waals surface area contributed by atoms with Crippen molar-refractivity contribution in [2.75, 3.05) is 19.8 Å². The normalized spacial score (nSPS) is 5.40. The molecule has 0 aliphatic carbocycles. The first-order valence-electron chi connectivity index (χ1n) is 3.07. The molecule has 0 rings (SSSR count). The Morgan fingerprint density at radius 3 is 0.700 bits per heavy atom. The van der Waals surface area contributed by atoms with E-state index in [9.17, 15) is 0 Å². The van der Waals surface area contributed by atoms with Crippen LogP contribution in [-0.4, -0.2) is 35.1 Å². The molecule has 0 fully saturated rings. The van der Waals surface area contributed by atoms with Crippen molar-refractivity contribution in [3.05, 3.63) is 0 Å². The summed E-state index contributed by atoms with van der Waals surface area (Å²) in [4.78, 5) is 0. The van der Waals surface area contributed by atoms with Crippen LogP contribution in [0.3, 0.4) is 0 Å². The fourth-order valence-corrected chi connectivity index (χ4v) is 0. The molecule has 3 nitrogen and oxygen atoms in total. The number of aliphatic hydroxyl groups is 3. The Balaban J connectivity index is -0.0000000257. The van der Waals surface area contributed by atoms with Crippen LogP contribution >= 0.6 is 9.90 Å². The van der Waals surface area contributed by atoms with Crippen molar-refractivity contribution in [2.45, 2.75) is 20.8 Å². The molecule has 68 valence electrons. The first kappa shape index (κ1) is 22.4. The van der Waals surface area contributed by atoms with E-state index in [1.54, 1.807) is 20.8 Å². The smallest absolute Gasteiger partial charge is 0.0402 e. The van der Waals surface area contributed by atoms with Crippen LogP contribution < -0.4 is 0 Å². The molecule has 1 unspecified atom stereocenters. The van der Waals surface area contributed by atoms with Gasteiger partial charge < -0.3 is 15.3 Å². The van der Waals surface area contributed by atoms with E-state index in [2.05, 4.69) is 0 Å². The molecule has 0 bridgehead atoms. The summed E-state index contributed by atoms with van der Waals surface area (Å²) in [5.41, 5.74) is 0. The monoisotopic (exact) mass is 172 g/mol. The molecule has 0 saturated heterocycles. The molecule has 4 heteroatoms. The molecule has 0 aliphatic heterocycles. The SMILES string of the molecule is CCO.CCO.CCO.P. The number of hydrogen-bond donors (Lipinski definition) is 3. The fraction of sp³-hybridized carbons (Fsp3) is 1.00. The van der Waals surface area contributed by atoms with Crippen molar-refractivity contribution in [3.8, 4) is 0 Å². The van der Waals surface area contributed by atoms with Gasteiger partial charge in [-0.1, -0.05) is 0 Å². The predicted molar refractivity (Wildman–Crippen MR) is 49.4 cm³/mol. The highest BCUT2D eigenvalue weighted by molar-refractivity contribution is 6.92. The minimum Gasteiger partial charge on any atom is -0.397 e. The zero-order valence-corrected chi connectivity index (χ0v) is 8.58. The Morgan fingerprint density at radius 1 is 0.700 bits per heavy atom. The van der Waals surface area contributed by atoms with Gasteiger partial charge in [0.1, 0.15) is 0 Å². The van der Waals surface area contributed by atoms with Crippen LogP contribution in [0.5, 0.6) is 0 Å². The molecule has 0 amide bonds. The molecule has 10 heavy (non-hydrogen) atoms. The predicted octanol–water partition coefficient (Wildman–Crippen LogP) is 0.0539. The van der Waals surface area contributed by atoms with Crippen LogP contribution in [0, 0.1) is 0 Å². The van der Waals surface area contributed by atoms with Gasteiger partial charge in [-0.25, -0.2) is 0 Å². The third-order valence-corrected chi connectivity index (χ3v) is 0. The van der Waals surface area contributed by atoms with Gasteiger partial charge in [0.2, 0.25) is 0 Å². The van der Waals surface area contributed by atoms with Crippen LogP contribution in [0.15, 0.2) is 0 Å². The third kappa shape index (κ3) is 4620. The molecule has 0 radical (unpaired) electrons. The summed E-state index contributed by atoms with van der Waals surface area (Å²) in [6.07, 6.45) is 0. The van der Waals surface area contributed by atoms with E-state index in [1.807, 2.05) is 0 Å². The summed E-state index contributed by atoms with van der Waals surface area (Å²) in [6.45, 7) is 5.79. The van der Waals surface area contributed by atoms with Gasteiger partial charge in [-0.05, 0) is 20.8 Å². The van der Waals surface area contributed by atoms with E-state index < -0.39 is 0 Å². The molecule has 0 aromatic carbocycles. The van der Waals surface area contributed by atoms with Gasteiger partial charge in [-0.15, -0.1) is 0 Å². The Kier molecular flexibility index (Phi) is 132. The summed E-state index contributed by atoms with van der Waals surface area (Å²) in [7, 11) is 0. The number of rotatable bonds is 0. The van der Waals surface area contributed by atoms with Crippen LogP contribution in [0.25, 0.3) is 0 Å². The summed E-state index contributed by atoms with van der Waals surface area (Å²) < 4.78 is 0. The maximum atomic E-state index is 7.57. The molecule has 0 aromatic rings. The summed E-state index contributed by atoms with van der Waals surface area (Å²) in [5.74, 6) is 0. The highest BCUT2D eigenvalue weighted by Gasteiger charge is 1.35. The van der Waals surface area contributed by atoms with Gasteiger partial charge in [0.05, 0.1) is 0 Å². The van der Waals surface area contributed by atoms with Crippen molar-refractivity contribution < 1.29 is 15.3 Å². The molecule has 0 aromatic heterocycles. The molecule has 0 saturated carbocycles. The summed E-state index contributed by atoms with van der Waals surface area (Å²) in [5, 5.41) is 22.7. The maximum absolute atomic E-state index is 7.57. The second kappa shape index (κ2) is 58.7. The largest absolute Gasteiger partial charge is 0.397 e. The number of aliphatic hydroxyl groups excluding tert-OH is 3. The first-order chi connectivity index (χ1) is 4.24. The minimum absolute atomic E-state index is 0. The van der Waals surface area contributed by atoms with Crippen LogP contribution in [0.1, 0.15) is 20.8 Å². The lowest BCUT2D eigenvalue weighted by molar-refractivity contribution is 0.318. The standard InChI is InChI=1S/3C2H6O.H3P/c3*1-2-3;/h3*3H,2H2,1H3;1H3. The van der Waals surface area contributed by atoms with E-state index >= 15 is 0 Å². The van der Waals surface area contributed by atoms with Gasteiger partial charge >= 0.3 is 0 Å². The minimum atomic E-state index is 0. The Hall–Kier alpha value is 0.310. The second-order valence-corrected chi connectivity index (χ2v) is 0.949. The van der Waals surface area contributed by atoms with Gasteiger partial charge in [0.15, 0.2) is 0 Å². The van der Waals surface area contributed by atoms with Crippen molar-refractivity contribution in [1.82, 2.24) is 0 Å². The molecular formula is C6H21O3P. The fourth-order valence-electron chi connectivity index (χ4n) is 0.